The molecule has 5 heteroatoms. The van der Waals surface area contributed by atoms with Gasteiger partial charge < -0.3 is 9.64 Å². The van der Waals surface area contributed by atoms with Crippen molar-refractivity contribution in [3.8, 4) is 5.75 Å². The summed E-state index contributed by atoms with van der Waals surface area (Å²) in [4.78, 5) is 14.6. The highest BCUT2D eigenvalue weighted by Gasteiger charge is 2.37. The van der Waals surface area contributed by atoms with Crippen LogP contribution in [0.5, 0.6) is 5.75 Å². The van der Waals surface area contributed by atoms with Crippen molar-refractivity contribution in [1.82, 2.24) is 15.8 Å². The molecule has 0 bridgehead atoms. The van der Waals surface area contributed by atoms with Crippen LogP contribution in [-0.4, -0.2) is 43.1 Å². The first-order chi connectivity index (χ1) is 11.2. The number of hydrazine groups is 1. The largest absolute Gasteiger partial charge is 0.492 e. The van der Waals surface area contributed by atoms with E-state index < -0.39 is 0 Å². The molecule has 4 rings (SSSR count). The molecule has 1 saturated heterocycles. The van der Waals surface area contributed by atoms with Gasteiger partial charge in [-0.1, -0.05) is 18.2 Å². The Balaban J connectivity index is 1.32. The van der Waals surface area contributed by atoms with Gasteiger partial charge in [0.2, 0.25) is 5.91 Å². The van der Waals surface area contributed by atoms with Gasteiger partial charge in [-0.05, 0) is 43.2 Å². The first-order valence-electron chi connectivity index (χ1n) is 8.67. The molecule has 1 saturated carbocycles. The zero-order valence-electron chi connectivity index (χ0n) is 13.6. The van der Waals surface area contributed by atoms with Crippen LogP contribution in [0.2, 0.25) is 0 Å². The second-order valence-electron chi connectivity index (χ2n) is 7.20. The number of nitrogens with one attached hydrogen (secondary N) is 2. The summed E-state index contributed by atoms with van der Waals surface area (Å²) in [6.07, 6.45) is 4.59. The van der Waals surface area contributed by atoms with Crippen molar-refractivity contribution in [2.45, 2.75) is 37.8 Å². The molecular formula is C18H25N3O2. The summed E-state index contributed by atoms with van der Waals surface area (Å²) in [5.74, 6) is 1.89. The highest BCUT2D eigenvalue weighted by atomic mass is 16.5. The van der Waals surface area contributed by atoms with E-state index in [0.717, 1.165) is 36.6 Å². The fourth-order valence-electron chi connectivity index (χ4n) is 3.80. The topological polar surface area (TPSA) is 53.6 Å². The Labute approximate surface area is 137 Å². The predicted molar refractivity (Wildman–Crippen MR) is 88.0 cm³/mol. The van der Waals surface area contributed by atoms with Gasteiger partial charge >= 0.3 is 0 Å². The molecule has 3 atom stereocenters. The van der Waals surface area contributed by atoms with Crippen LogP contribution >= 0.6 is 0 Å². The first kappa shape index (κ1) is 15.0. The van der Waals surface area contributed by atoms with Crippen molar-refractivity contribution < 1.29 is 9.53 Å². The van der Waals surface area contributed by atoms with Crippen LogP contribution in [0.4, 0.5) is 0 Å². The molecule has 1 aliphatic carbocycles. The first-order valence-corrected chi connectivity index (χ1v) is 8.67. The van der Waals surface area contributed by atoms with Crippen LogP contribution in [0.1, 0.15) is 24.8 Å². The number of likely N-dealkylation sites (N-methyl/N-ethyl adjacent to an activating group) is 1. The number of carbonyl (C=O) groups is 1. The highest BCUT2D eigenvalue weighted by Crippen LogP contribution is 2.35. The lowest BCUT2D eigenvalue weighted by molar-refractivity contribution is -0.135. The van der Waals surface area contributed by atoms with Crippen molar-refractivity contribution in [3.63, 3.8) is 0 Å². The number of hydrogen-bond donors (Lipinski definition) is 2. The number of hydrogen-bond acceptors (Lipinski definition) is 4. The van der Waals surface area contributed by atoms with Crippen molar-refractivity contribution in [2.24, 2.45) is 11.8 Å². The summed E-state index contributed by atoms with van der Waals surface area (Å²) in [5.41, 5.74) is 7.89. The SMILES string of the molecule is CN(CC1CC(C2CC2)NN1)C(=O)C1COc2ccccc2C1. The van der Waals surface area contributed by atoms with Crippen molar-refractivity contribution in [3.05, 3.63) is 29.8 Å². The second kappa shape index (κ2) is 6.13. The van der Waals surface area contributed by atoms with E-state index >= 15 is 0 Å². The Bertz CT molecular complexity index is 587. The summed E-state index contributed by atoms with van der Waals surface area (Å²) < 4.78 is 5.76. The lowest BCUT2D eigenvalue weighted by Gasteiger charge is -2.29. The van der Waals surface area contributed by atoms with Gasteiger partial charge in [0.05, 0.1) is 5.92 Å². The van der Waals surface area contributed by atoms with E-state index in [1.807, 2.05) is 30.1 Å². The smallest absolute Gasteiger partial charge is 0.229 e. The molecule has 2 fully saturated rings. The third-order valence-corrected chi connectivity index (χ3v) is 5.30. The van der Waals surface area contributed by atoms with E-state index in [0.29, 0.717) is 18.7 Å². The maximum absolute atomic E-state index is 12.7. The molecule has 2 N–H and O–H groups in total. The minimum atomic E-state index is -0.0662. The molecular weight excluding hydrogens is 290 g/mol. The van der Waals surface area contributed by atoms with Crippen molar-refractivity contribution in [1.29, 1.82) is 0 Å². The molecule has 0 radical (unpaired) electrons. The maximum atomic E-state index is 12.7. The lowest BCUT2D eigenvalue weighted by Crippen LogP contribution is -2.45. The Morgan fingerprint density at radius 2 is 2.13 bits per heavy atom. The van der Waals surface area contributed by atoms with E-state index in [9.17, 15) is 4.79 Å². The Morgan fingerprint density at radius 1 is 1.30 bits per heavy atom. The van der Waals surface area contributed by atoms with Crippen molar-refractivity contribution >= 4 is 5.91 Å². The van der Waals surface area contributed by atoms with E-state index in [4.69, 9.17) is 4.74 Å². The standard InChI is InChI=1S/C18H25N3O2/c1-21(10-15-9-16(20-19-15)12-6-7-12)18(22)14-8-13-4-2-3-5-17(13)23-11-14/h2-5,12,14-16,19-20H,6-11H2,1H3. The minimum absolute atomic E-state index is 0.0662. The molecule has 3 unspecified atom stereocenters. The Hall–Kier alpha value is -1.59. The molecule has 2 aliphatic heterocycles. The molecule has 124 valence electrons. The molecule has 0 spiro atoms. The maximum Gasteiger partial charge on any atom is 0.229 e. The molecule has 5 nitrogen and oxygen atoms in total. The monoisotopic (exact) mass is 315 g/mol. The number of ether oxygens (including phenoxy) is 1. The fraction of sp³-hybridized carbons (Fsp3) is 0.611. The quantitative estimate of drug-likeness (QED) is 0.880. The van der Waals surface area contributed by atoms with Gasteiger partial charge in [-0.3, -0.25) is 15.6 Å². The summed E-state index contributed by atoms with van der Waals surface area (Å²) in [5, 5.41) is 0. The van der Waals surface area contributed by atoms with Gasteiger partial charge in [-0.2, -0.15) is 0 Å². The highest BCUT2D eigenvalue weighted by molar-refractivity contribution is 5.79. The van der Waals surface area contributed by atoms with Gasteiger partial charge in [-0.15, -0.1) is 0 Å². The van der Waals surface area contributed by atoms with E-state index in [1.54, 1.807) is 0 Å². The van der Waals surface area contributed by atoms with Gasteiger partial charge in [-0.25, -0.2) is 0 Å². The third-order valence-electron chi connectivity index (χ3n) is 5.30. The Morgan fingerprint density at radius 3 is 2.96 bits per heavy atom. The number of fused-ring (bicyclic) bond motifs is 1. The number of rotatable bonds is 4. The van der Waals surface area contributed by atoms with Crippen LogP contribution in [-0.2, 0) is 11.2 Å². The minimum Gasteiger partial charge on any atom is -0.492 e. The molecule has 1 aromatic carbocycles. The van der Waals surface area contributed by atoms with Crippen LogP contribution in [0, 0.1) is 11.8 Å². The predicted octanol–water partition coefficient (Wildman–Crippen LogP) is 1.34. The number of benzene rings is 1. The Kier molecular flexibility index (Phi) is 3.99. The van der Waals surface area contributed by atoms with Crippen LogP contribution in [0.25, 0.3) is 0 Å². The third kappa shape index (κ3) is 3.21. The molecule has 1 aromatic rings. The molecule has 1 amide bonds. The number of carbonyl (C=O) groups excluding carboxylic acids is 1. The fourth-order valence-corrected chi connectivity index (χ4v) is 3.80. The van der Waals surface area contributed by atoms with Crippen LogP contribution < -0.4 is 15.6 Å². The van der Waals surface area contributed by atoms with Gasteiger partial charge in [0, 0.05) is 25.7 Å². The lowest BCUT2D eigenvalue weighted by atomic mass is 9.95. The zero-order chi connectivity index (χ0) is 15.8. The summed E-state index contributed by atoms with van der Waals surface area (Å²) in [6, 6.07) is 8.95. The van der Waals surface area contributed by atoms with Gasteiger partial charge in [0.1, 0.15) is 12.4 Å². The summed E-state index contributed by atoms with van der Waals surface area (Å²) in [7, 11) is 1.91. The van der Waals surface area contributed by atoms with Gasteiger partial charge in [0.15, 0.2) is 0 Å². The molecule has 2 heterocycles. The number of amides is 1. The summed E-state index contributed by atoms with van der Waals surface area (Å²) >= 11 is 0. The zero-order valence-corrected chi connectivity index (χ0v) is 13.6. The number of nitrogens with zero attached hydrogens (tertiary/aromatic N) is 1. The van der Waals surface area contributed by atoms with Crippen LogP contribution in [0.15, 0.2) is 24.3 Å². The number of para-hydroxylation sites is 1. The van der Waals surface area contributed by atoms with E-state index in [1.165, 1.54) is 12.8 Å². The molecule has 0 aromatic heterocycles. The summed E-state index contributed by atoms with van der Waals surface area (Å²) in [6.45, 7) is 1.24. The average molecular weight is 315 g/mol. The average Bonchev–Trinajstić information content (AvgIpc) is 3.33. The van der Waals surface area contributed by atoms with E-state index in [2.05, 4.69) is 16.9 Å². The normalized spacial score (nSPS) is 29.7. The van der Waals surface area contributed by atoms with Crippen molar-refractivity contribution in [2.75, 3.05) is 20.2 Å². The molecule has 3 aliphatic rings. The molecule has 23 heavy (non-hydrogen) atoms. The van der Waals surface area contributed by atoms with Gasteiger partial charge in [0.25, 0.3) is 0 Å². The second-order valence-corrected chi connectivity index (χ2v) is 7.20. The van der Waals surface area contributed by atoms with Crippen LogP contribution in [0.3, 0.4) is 0 Å². The van der Waals surface area contributed by atoms with E-state index in [-0.39, 0.29) is 11.8 Å².